The molecule has 4 aromatic rings. The molecule has 0 aliphatic heterocycles. The zero-order valence-corrected chi connectivity index (χ0v) is 18.1. The number of nitrogens with zero attached hydrogens (tertiary/aromatic N) is 3. The predicted molar refractivity (Wildman–Crippen MR) is 119 cm³/mol. The Bertz CT molecular complexity index is 1160. The Morgan fingerprint density at radius 3 is 2.52 bits per heavy atom. The molecule has 7 heteroatoms. The minimum Gasteiger partial charge on any atom is -0.339 e. The Balaban J connectivity index is 1.51. The molecule has 0 unspecified atom stereocenters. The Morgan fingerprint density at radius 1 is 1.00 bits per heavy atom. The van der Waals surface area contributed by atoms with Crippen LogP contribution in [0.5, 0.6) is 0 Å². The lowest BCUT2D eigenvalue weighted by molar-refractivity contribution is 0.0741. The van der Waals surface area contributed by atoms with E-state index in [2.05, 4.69) is 26.1 Å². The molecular formula is C24H19BrFN3O2. The molecule has 0 spiro atoms. The first-order valence-electron chi connectivity index (χ1n) is 9.76. The highest BCUT2D eigenvalue weighted by atomic mass is 79.9. The summed E-state index contributed by atoms with van der Waals surface area (Å²) >= 11 is 3.40. The highest BCUT2D eigenvalue weighted by Gasteiger charge is 2.18. The maximum absolute atomic E-state index is 13.7. The van der Waals surface area contributed by atoms with Crippen molar-refractivity contribution in [2.75, 3.05) is 6.54 Å². The van der Waals surface area contributed by atoms with Gasteiger partial charge in [-0.05, 0) is 48.0 Å². The van der Waals surface area contributed by atoms with Crippen molar-refractivity contribution in [3.05, 3.63) is 106 Å². The van der Waals surface area contributed by atoms with Crippen LogP contribution in [0, 0.1) is 5.82 Å². The van der Waals surface area contributed by atoms with Crippen LogP contribution in [0.15, 0.2) is 87.9 Å². The lowest BCUT2D eigenvalue weighted by Crippen LogP contribution is -2.32. The second kappa shape index (κ2) is 9.66. The van der Waals surface area contributed by atoms with E-state index in [1.165, 1.54) is 18.2 Å². The van der Waals surface area contributed by atoms with Gasteiger partial charge < -0.3 is 9.42 Å². The van der Waals surface area contributed by atoms with Crippen molar-refractivity contribution >= 4 is 21.8 Å². The zero-order valence-electron chi connectivity index (χ0n) is 16.5. The number of carbonyl (C=O) groups excluding carboxylic acids is 1. The first-order valence-corrected chi connectivity index (χ1v) is 10.5. The van der Waals surface area contributed by atoms with E-state index in [4.69, 9.17) is 4.52 Å². The summed E-state index contributed by atoms with van der Waals surface area (Å²) in [6.45, 7) is 0.746. The lowest BCUT2D eigenvalue weighted by Gasteiger charge is -2.22. The largest absolute Gasteiger partial charge is 0.339 e. The quantitative estimate of drug-likeness (QED) is 0.350. The Labute approximate surface area is 187 Å². The molecule has 0 saturated carbocycles. The maximum Gasteiger partial charge on any atom is 0.254 e. The number of rotatable bonds is 7. The van der Waals surface area contributed by atoms with Crippen molar-refractivity contribution < 1.29 is 13.7 Å². The fourth-order valence-electron chi connectivity index (χ4n) is 3.16. The average Bonchev–Trinajstić information content (AvgIpc) is 3.26. The summed E-state index contributed by atoms with van der Waals surface area (Å²) in [7, 11) is 0. The number of halogens is 2. The summed E-state index contributed by atoms with van der Waals surface area (Å²) in [6.07, 6.45) is 0.386. The van der Waals surface area contributed by atoms with Crippen LogP contribution in [0.25, 0.3) is 11.4 Å². The van der Waals surface area contributed by atoms with Crippen LogP contribution in [-0.2, 0) is 13.0 Å². The van der Waals surface area contributed by atoms with E-state index in [1.807, 2.05) is 54.6 Å². The summed E-state index contributed by atoms with van der Waals surface area (Å²) in [6, 6.07) is 23.0. The topological polar surface area (TPSA) is 59.2 Å². The summed E-state index contributed by atoms with van der Waals surface area (Å²) in [4.78, 5) is 19.2. The minimum absolute atomic E-state index is 0.254. The summed E-state index contributed by atoms with van der Waals surface area (Å²) in [5.41, 5.74) is 2.13. The highest BCUT2D eigenvalue weighted by Crippen LogP contribution is 2.19. The molecule has 3 aromatic carbocycles. The summed E-state index contributed by atoms with van der Waals surface area (Å²) in [5, 5.41) is 4.04. The molecule has 0 atom stereocenters. The van der Waals surface area contributed by atoms with Gasteiger partial charge in [-0.3, -0.25) is 4.79 Å². The van der Waals surface area contributed by atoms with Gasteiger partial charge in [0.2, 0.25) is 11.7 Å². The predicted octanol–water partition coefficient (Wildman–Crippen LogP) is 5.52. The van der Waals surface area contributed by atoms with Crippen molar-refractivity contribution in [2.24, 2.45) is 0 Å². The number of hydrogen-bond donors (Lipinski definition) is 0. The van der Waals surface area contributed by atoms with Gasteiger partial charge in [0.05, 0.1) is 0 Å². The van der Waals surface area contributed by atoms with Gasteiger partial charge in [0, 0.05) is 35.1 Å². The second-order valence-electron chi connectivity index (χ2n) is 6.99. The van der Waals surface area contributed by atoms with E-state index in [9.17, 15) is 9.18 Å². The maximum atomic E-state index is 13.7. The van der Waals surface area contributed by atoms with Crippen molar-refractivity contribution in [2.45, 2.75) is 13.0 Å². The van der Waals surface area contributed by atoms with Crippen LogP contribution >= 0.6 is 15.9 Å². The molecule has 0 saturated heterocycles. The molecule has 0 aliphatic carbocycles. The third-order valence-electron chi connectivity index (χ3n) is 4.74. The SMILES string of the molecule is O=C(c1cccc(F)c1)N(CCc1nc(-c2ccc(Br)cc2)no1)Cc1ccccc1. The van der Waals surface area contributed by atoms with Gasteiger partial charge in [0.25, 0.3) is 5.91 Å². The summed E-state index contributed by atoms with van der Waals surface area (Å²) in [5.74, 6) is 0.231. The molecule has 0 radical (unpaired) electrons. The van der Waals surface area contributed by atoms with Gasteiger partial charge >= 0.3 is 0 Å². The van der Waals surface area contributed by atoms with Gasteiger partial charge in [-0.25, -0.2) is 4.39 Å². The molecule has 5 nitrogen and oxygen atoms in total. The van der Waals surface area contributed by atoms with E-state index in [0.717, 1.165) is 15.6 Å². The Hall–Kier alpha value is -3.32. The van der Waals surface area contributed by atoms with Gasteiger partial charge in [0.15, 0.2) is 0 Å². The molecule has 0 N–H and O–H groups in total. The smallest absolute Gasteiger partial charge is 0.254 e. The van der Waals surface area contributed by atoms with Gasteiger partial charge in [-0.2, -0.15) is 4.98 Å². The third kappa shape index (κ3) is 5.44. The molecule has 156 valence electrons. The normalized spacial score (nSPS) is 10.8. The highest BCUT2D eigenvalue weighted by molar-refractivity contribution is 9.10. The number of benzene rings is 3. The van der Waals surface area contributed by atoms with Crippen LogP contribution in [0.1, 0.15) is 21.8 Å². The number of hydrogen-bond acceptors (Lipinski definition) is 4. The standard InChI is InChI=1S/C24H19BrFN3O2/c25-20-11-9-18(10-12-20)23-27-22(31-28-23)13-14-29(16-17-5-2-1-3-6-17)24(30)19-7-4-8-21(26)15-19/h1-12,15H,13-14,16H2. The van der Waals surface area contributed by atoms with Crippen LogP contribution in [0.3, 0.4) is 0 Å². The summed E-state index contributed by atoms with van der Waals surface area (Å²) < 4.78 is 20.0. The van der Waals surface area contributed by atoms with E-state index >= 15 is 0 Å². The van der Waals surface area contributed by atoms with Crippen molar-refractivity contribution in [1.82, 2.24) is 15.0 Å². The van der Waals surface area contributed by atoms with Crippen molar-refractivity contribution in [3.8, 4) is 11.4 Å². The van der Waals surface area contributed by atoms with Gasteiger partial charge in [-0.15, -0.1) is 0 Å². The van der Waals surface area contributed by atoms with E-state index < -0.39 is 5.82 Å². The van der Waals surface area contributed by atoms with Crippen molar-refractivity contribution in [1.29, 1.82) is 0 Å². The van der Waals surface area contributed by atoms with Crippen molar-refractivity contribution in [3.63, 3.8) is 0 Å². The Kier molecular flexibility index (Phi) is 6.52. The molecule has 31 heavy (non-hydrogen) atoms. The second-order valence-corrected chi connectivity index (χ2v) is 7.91. The van der Waals surface area contributed by atoms with E-state index in [1.54, 1.807) is 11.0 Å². The number of aromatic nitrogens is 2. The lowest BCUT2D eigenvalue weighted by atomic mass is 10.1. The zero-order chi connectivity index (χ0) is 21.6. The molecular weight excluding hydrogens is 461 g/mol. The van der Waals surface area contributed by atoms with E-state index in [0.29, 0.717) is 36.8 Å². The molecule has 1 amide bonds. The van der Waals surface area contributed by atoms with Crippen LogP contribution < -0.4 is 0 Å². The average molecular weight is 480 g/mol. The fourth-order valence-corrected chi connectivity index (χ4v) is 3.43. The van der Waals surface area contributed by atoms with Crippen LogP contribution in [0.4, 0.5) is 4.39 Å². The van der Waals surface area contributed by atoms with Crippen LogP contribution in [-0.4, -0.2) is 27.5 Å². The first-order chi connectivity index (χ1) is 15.1. The number of amides is 1. The molecule has 1 aromatic heterocycles. The third-order valence-corrected chi connectivity index (χ3v) is 5.27. The van der Waals surface area contributed by atoms with Gasteiger partial charge in [0.1, 0.15) is 5.82 Å². The van der Waals surface area contributed by atoms with Gasteiger partial charge in [-0.1, -0.05) is 57.5 Å². The first kappa shape index (κ1) is 20.9. The van der Waals surface area contributed by atoms with E-state index in [-0.39, 0.29) is 5.91 Å². The molecule has 1 heterocycles. The molecule has 0 bridgehead atoms. The van der Waals surface area contributed by atoms with Crippen LogP contribution in [0.2, 0.25) is 0 Å². The monoisotopic (exact) mass is 479 g/mol. The Morgan fingerprint density at radius 2 is 1.77 bits per heavy atom. The molecule has 4 rings (SSSR count). The molecule has 0 fully saturated rings. The minimum atomic E-state index is -0.443. The number of carbonyl (C=O) groups is 1. The fraction of sp³-hybridized carbons (Fsp3) is 0.125. The molecule has 0 aliphatic rings.